The van der Waals surface area contributed by atoms with Gasteiger partial charge in [-0.15, -0.1) is 0 Å². The quantitative estimate of drug-likeness (QED) is 0.833. The van der Waals surface area contributed by atoms with Crippen LogP contribution in [0.2, 0.25) is 0 Å². The van der Waals surface area contributed by atoms with Gasteiger partial charge in [0.25, 0.3) is 0 Å². The number of halogens is 1. The molecule has 0 aliphatic heterocycles. The number of nitrogens with zero attached hydrogens (tertiary/aromatic N) is 2. The number of benzene rings is 1. The van der Waals surface area contributed by atoms with Crippen molar-refractivity contribution in [3.05, 3.63) is 34.3 Å². The van der Waals surface area contributed by atoms with Crippen molar-refractivity contribution in [2.45, 2.75) is 11.2 Å². The molecule has 1 fully saturated rings. The monoisotopic (exact) mass is 324 g/mol. The molecule has 2 rings (SSSR count). The van der Waals surface area contributed by atoms with E-state index in [1.807, 2.05) is 12.1 Å². The Morgan fingerprint density at radius 3 is 2.06 bits per heavy atom. The zero-order chi connectivity index (χ0) is 13.6. The van der Waals surface area contributed by atoms with Crippen molar-refractivity contribution in [3.8, 4) is 12.1 Å². The molecule has 0 radical (unpaired) electrons. The molecule has 0 N–H and O–H groups in total. The molecular formula is C12H9BrN2O2S. The minimum Gasteiger partial charge on any atom is -0.229 e. The van der Waals surface area contributed by atoms with Gasteiger partial charge in [-0.05, 0) is 17.7 Å². The summed E-state index contributed by atoms with van der Waals surface area (Å²) >= 11 is 3.28. The maximum atomic E-state index is 11.7. The molecule has 1 aromatic rings. The third-order valence-corrected chi connectivity index (χ3v) is 5.29. The third kappa shape index (κ3) is 1.82. The predicted octanol–water partition coefficient (Wildman–Crippen LogP) is 1.99. The van der Waals surface area contributed by atoms with Crippen LogP contribution in [0.25, 0.3) is 0 Å². The smallest absolute Gasteiger partial charge is 0.169 e. The maximum Gasteiger partial charge on any atom is 0.169 e. The Hall–Kier alpha value is -1.37. The van der Waals surface area contributed by atoms with Gasteiger partial charge in [-0.25, -0.2) is 8.42 Å². The zero-order valence-corrected chi connectivity index (χ0v) is 11.9. The van der Waals surface area contributed by atoms with E-state index in [9.17, 15) is 8.42 Å². The number of sulfone groups is 1. The van der Waals surface area contributed by atoms with Crippen molar-refractivity contribution in [2.75, 3.05) is 6.26 Å². The van der Waals surface area contributed by atoms with Gasteiger partial charge in [-0.3, -0.25) is 0 Å². The lowest BCUT2D eigenvalue weighted by atomic mass is 10.0. The molecule has 92 valence electrons. The van der Waals surface area contributed by atoms with E-state index in [4.69, 9.17) is 10.5 Å². The van der Waals surface area contributed by atoms with E-state index in [-0.39, 0.29) is 0 Å². The molecule has 6 heteroatoms. The molecule has 1 aliphatic carbocycles. The van der Waals surface area contributed by atoms with Crippen LogP contribution in [0.1, 0.15) is 11.5 Å². The van der Waals surface area contributed by atoms with Gasteiger partial charge in [-0.1, -0.05) is 28.1 Å². The molecule has 0 spiro atoms. The van der Waals surface area contributed by atoms with Gasteiger partial charge in [0.1, 0.15) is 5.25 Å². The highest BCUT2D eigenvalue weighted by molar-refractivity contribution is 9.10. The molecule has 2 unspecified atom stereocenters. The summed E-state index contributed by atoms with van der Waals surface area (Å²) in [6.07, 6.45) is 1.07. The van der Waals surface area contributed by atoms with E-state index in [2.05, 4.69) is 15.9 Å². The van der Waals surface area contributed by atoms with Crippen molar-refractivity contribution in [1.29, 1.82) is 10.5 Å². The van der Waals surface area contributed by atoms with Crippen molar-refractivity contribution >= 4 is 25.8 Å². The summed E-state index contributed by atoms with van der Waals surface area (Å²) < 4.78 is 24.2. The first kappa shape index (κ1) is 13.1. The minimum atomic E-state index is -3.43. The van der Waals surface area contributed by atoms with Crippen LogP contribution in [0.5, 0.6) is 0 Å². The molecule has 1 aromatic carbocycles. The molecule has 0 aromatic heterocycles. The Morgan fingerprint density at radius 1 is 1.22 bits per heavy atom. The first-order valence-electron chi connectivity index (χ1n) is 5.13. The zero-order valence-electron chi connectivity index (χ0n) is 9.46. The van der Waals surface area contributed by atoms with E-state index in [1.165, 1.54) is 0 Å². The lowest BCUT2D eigenvalue weighted by Gasteiger charge is -1.99. The van der Waals surface area contributed by atoms with Crippen LogP contribution in [0, 0.1) is 28.1 Å². The van der Waals surface area contributed by atoms with Crippen LogP contribution in [0.3, 0.4) is 0 Å². The molecular weight excluding hydrogens is 316 g/mol. The van der Waals surface area contributed by atoms with Crippen molar-refractivity contribution in [1.82, 2.24) is 0 Å². The number of hydrogen-bond donors (Lipinski definition) is 0. The fourth-order valence-electron chi connectivity index (χ4n) is 2.34. The summed E-state index contributed by atoms with van der Waals surface area (Å²) in [6.45, 7) is 0. The van der Waals surface area contributed by atoms with Crippen molar-refractivity contribution in [2.24, 2.45) is 5.41 Å². The molecule has 4 nitrogen and oxygen atoms in total. The Balaban J connectivity index is 2.50. The molecule has 2 atom stereocenters. The Kier molecular flexibility index (Phi) is 2.96. The lowest BCUT2D eigenvalue weighted by Crippen LogP contribution is -2.11. The number of hydrogen-bond acceptors (Lipinski definition) is 4. The van der Waals surface area contributed by atoms with Crippen LogP contribution in [0.4, 0.5) is 0 Å². The second-order valence-corrected chi connectivity index (χ2v) is 7.45. The van der Waals surface area contributed by atoms with E-state index < -0.39 is 26.4 Å². The average Bonchev–Trinajstić information content (AvgIpc) is 3.00. The summed E-state index contributed by atoms with van der Waals surface area (Å²) in [5.74, 6) is -0.560. The van der Waals surface area contributed by atoms with Crippen LogP contribution < -0.4 is 0 Å². The molecule has 1 saturated carbocycles. The predicted molar refractivity (Wildman–Crippen MR) is 69.2 cm³/mol. The first-order chi connectivity index (χ1) is 8.36. The topological polar surface area (TPSA) is 81.7 Å². The van der Waals surface area contributed by atoms with Crippen molar-refractivity contribution < 1.29 is 8.42 Å². The third-order valence-electron chi connectivity index (χ3n) is 3.19. The minimum absolute atomic E-state index is 0.560. The average molecular weight is 325 g/mol. The van der Waals surface area contributed by atoms with Gasteiger partial charge in [0.15, 0.2) is 15.3 Å². The molecule has 0 amide bonds. The van der Waals surface area contributed by atoms with Gasteiger partial charge < -0.3 is 0 Å². The highest BCUT2D eigenvalue weighted by Gasteiger charge is 2.72. The molecule has 18 heavy (non-hydrogen) atoms. The summed E-state index contributed by atoms with van der Waals surface area (Å²) in [6, 6.07) is 10.8. The van der Waals surface area contributed by atoms with Gasteiger partial charge in [0.05, 0.1) is 12.1 Å². The highest BCUT2D eigenvalue weighted by atomic mass is 79.9. The molecule has 0 heterocycles. The van der Waals surface area contributed by atoms with Crippen LogP contribution in [0.15, 0.2) is 28.7 Å². The summed E-state index contributed by atoms with van der Waals surface area (Å²) in [4.78, 5) is 0. The first-order valence-corrected chi connectivity index (χ1v) is 7.88. The normalized spacial score (nSPS) is 24.9. The largest absolute Gasteiger partial charge is 0.229 e. The summed E-state index contributed by atoms with van der Waals surface area (Å²) in [7, 11) is -3.43. The van der Waals surface area contributed by atoms with Crippen LogP contribution in [-0.2, 0) is 9.84 Å². The second-order valence-electron chi connectivity index (χ2n) is 4.37. The Morgan fingerprint density at radius 2 is 1.72 bits per heavy atom. The van der Waals surface area contributed by atoms with Crippen LogP contribution in [-0.4, -0.2) is 19.9 Å². The van der Waals surface area contributed by atoms with Crippen LogP contribution >= 0.6 is 15.9 Å². The second kappa shape index (κ2) is 4.08. The van der Waals surface area contributed by atoms with E-state index >= 15 is 0 Å². The molecule has 0 bridgehead atoms. The van der Waals surface area contributed by atoms with Gasteiger partial charge >= 0.3 is 0 Å². The van der Waals surface area contributed by atoms with Gasteiger partial charge in [0, 0.05) is 16.6 Å². The maximum absolute atomic E-state index is 11.7. The highest BCUT2D eigenvalue weighted by Crippen LogP contribution is 2.62. The van der Waals surface area contributed by atoms with Crippen molar-refractivity contribution in [3.63, 3.8) is 0 Å². The summed E-state index contributed by atoms with van der Waals surface area (Å²) in [5.41, 5.74) is -0.738. The van der Waals surface area contributed by atoms with Gasteiger partial charge in [-0.2, -0.15) is 10.5 Å². The lowest BCUT2D eigenvalue weighted by molar-refractivity contribution is 0.597. The SMILES string of the molecule is CS(=O)(=O)C1C(c2ccc(Br)cc2)C1(C#N)C#N. The standard InChI is InChI=1S/C12H9BrN2O2S/c1-18(16,17)11-10(12(11,6-14)7-15)8-2-4-9(13)5-3-8/h2-5,10-11H,1H3. The molecule has 1 aliphatic rings. The van der Waals surface area contributed by atoms with Gasteiger partial charge in [0.2, 0.25) is 0 Å². The van der Waals surface area contributed by atoms with E-state index in [1.54, 1.807) is 24.3 Å². The summed E-state index contributed by atoms with van der Waals surface area (Å²) in [5, 5.41) is 17.3. The Bertz CT molecular complexity index is 654. The fourth-order valence-corrected chi connectivity index (χ4v) is 4.32. The van der Waals surface area contributed by atoms with E-state index in [0.29, 0.717) is 5.56 Å². The van der Waals surface area contributed by atoms with E-state index in [0.717, 1.165) is 10.7 Å². The molecule has 0 saturated heterocycles. The number of rotatable bonds is 2. The Labute approximate surface area is 114 Å². The fraction of sp³-hybridized carbons (Fsp3) is 0.333. The number of nitriles is 2.